The fourth-order valence-electron chi connectivity index (χ4n) is 4.44. The Morgan fingerprint density at radius 3 is 2.65 bits per heavy atom. The first-order valence-corrected chi connectivity index (χ1v) is 11.3. The number of carbonyl (C=O) groups excluding carboxylic acids is 1. The van der Waals surface area contributed by atoms with Crippen molar-refractivity contribution in [2.45, 2.75) is 50.7 Å². The summed E-state index contributed by atoms with van der Waals surface area (Å²) in [6, 6.07) is 6.96. The number of alkyl halides is 3. The number of benzene rings is 1. The molecule has 1 fully saturated rings. The molecule has 1 amide bonds. The van der Waals surface area contributed by atoms with Crippen molar-refractivity contribution < 1.29 is 27.8 Å². The van der Waals surface area contributed by atoms with E-state index in [4.69, 9.17) is 4.74 Å². The molecule has 1 saturated carbocycles. The minimum atomic E-state index is -4.59. The van der Waals surface area contributed by atoms with Crippen LogP contribution >= 0.6 is 0 Å². The predicted octanol–water partition coefficient (Wildman–Crippen LogP) is 5.89. The third kappa shape index (κ3) is 5.55. The molecule has 182 valence electrons. The van der Waals surface area contributed by atoms with Gasteiger partial charge in [-0.3, -0.25) is 9.48 Å². The van der Waals surface area contributed by atoms with Crippen molar-refractivity contribution in [3.63, 3.8) is 0 Å². The molecule has 1 aromatic carbocycles. The van der Waals surface area contributed by atoms with Crippen molar-refractivity contribution in [2.75, 3.05) is 5.32 Å². The zero-order valence-electron chi connectivity index (χ0n) is 18.8. The van der Waals surface area contributed by atoms with Crippen molar-refractivity contribution >= 4 is 11.7 Å². The van der Waals surface area contributed by atoms with Crippen molar-refractivity contribution in [2.24, 2.45) is 13.0 Å². The SMILES string of the molecule is Cn1ccc(NC(=O)[C@H](CC2CCCCC2)n2cc(Oc3ccccc3C(F)(F)F)cc2O)n1. The number of aromatic hydroxyl groups is 1. The summed E-state index contributed by atoms with van der Waals surface area (Å²) in [5.41, 5.74) is -0.922. The number of halogens is 3. The van der Waals surface area contributed by atoms with Crippen LogP contribution in [-0.2, 0) is 18.0 Å². The van der Waals surface area contributed by atoms with Crippen LogP contribution in [0, 0.1) is 5.92 Å². The molecule has 10 heteroatoms. The lowest BCUT2D eigenvalue weighted by molar-refractivity contribution is -0.138. The zero-order valence-corrected chi connectivity index (χ0v) is 18.8. The first kappa shape index (κ1) is 23.7. The van der Waals surface area contributed by atoms with Crippen LogP contribution in [0.2, 0.25) is 0 Å². The monoisotopic (exact) mass is 476 g/mol. The van der Waals surface area contributed by atoms with Crippen LogP contribution in [0.3, 0.4) is 0 Å². The molecular formula is C24H27F3N4O3. The van der Waals surface area contributed by atoms with Crippen LogP contribution in [0.25, 0.3) is 0 Å². The Kier molecular flexibility index (Phi) is 6.85. The Balaban J connectivity index is 1.60. The van der Waals surface area contributed by atoms with Gasteiger partial charge >= 0.3 is 6.18 Å². The van der Waals surface area contributed by atoms with Gasteiger partial charge in [-0.15, -0.1) is 0 Å². The van der Waals surface area contributed by atoms with E-state index in [1.807, 2.05) is 0 Å². The summed E-state index contributed by atoms with van der Waals surface area (Å²) in [5.74, 6) is -0.329. The number of nitrogens with zero attached hydrogens (tertiary/aromatic N) is 3. The maximum Gasteiger partial charge on any atom is 0.419 e. The second-order valence-electron chi connectivity index (χ2n) is 8.66. The lowest BCUT2D eigenvalue weighted by Crippen LogP contribution is -2.28. The zero-order chi connectivity index (χ0) is 24.3. The van der Waals surface area contributed by atoms with E-state index in [0.717, 1.165) is 38.2 Å². The fourth-order valence-corrected chi connectivity index (χ4v) is 4.44. The molecule has 2 heterocycles. The quantitative estimate of drug-likeness (QED) is 0.446. The summed E-state index contributed by atoms with van der Waals surface area (Å²) in [7, 11) is 1.73. The van der Waals surface area contributed by atoms with Crippen LogP contribution in [0.4, 0.5) is 19.0 Å². The van der Waals surface area contributed by atoms with E-state index in [2.05, 4.69) is 10.4 Å². The minimum Gasteiger partial charge on any atom is -0.494 e. The largest absolute Gasteiger partial charge is 0.494 e. The molecule has 0 bridgehead atoms. The van der Waals surface area contributed by atoms with Crippen LogP contribution in [0.5, 0.6) is 17.4 Å². The van der Waals surface area contributed by atoms with Gasteiger partial charge in [0.15, 0.2) is 11.7 Å². The van der Waals surface area contributed by atoms with Gasteiger partial charge in [0.25, 0.3) is 0 Å². The number of aromatic nitrogens is 3. The normalized spacial score (nSPS) is 15.8. The number of nitrogens with one attached hydrogen (secondary N) is 1. The van der Waals surface area contributed by atoms with E-state index in [0.29, 0.717) is 18.2 Å². The van der Waals surface area contributed by atoms with Gasteiger partial charge in [0.05, 0.1) is 11.8 Å². The third-order valence-electron chi connectivity index (χ3n) is 6.11. The molecular weight excluding hydrogens is 449 g/mol. The maximum atomic E-state index is 13.3. The summed E-state index contributed by atoms with van der Waals surface area (Å²) in [5, 5.41) is 17.6. The number of hydrogen-bond donors (Lipinski definition) is 2. The molecule has 0 radical (unpaired) electrons. The van der Waals surface area contributed by atoms with Crippen molar-refractivity contribution in [1.29, 1.82) is 0 Å². The average Bonchev–Trinajstić information content (AvgIpc) is 3.36. The van der Waals surface area contributed by atoms with Gasteiger partial charge in [-0.2, -0.15) is 18.3 Å². The van der Waals surface area contributed by atoms with E-state index >= 15 is 0 Å². The van der Waals surface area contributed by atoms with E-state index in [1.54, 1.807) is 24.0 Å². The van der Waals surface area contributed by atoms with E-state index < -0.39 is 17.8 Å². The molecule has 1 atom stereocenters. The van der Waals surface area contributed by atoms with Gasteiger partial charge in [0, 0.05) is 25.4 Å². The van der Waals surface area contributed by atoms with Gasteiger partial charge in [0.2, 0.25) is 5.91 Å². The predicted molar refractivity (Wildman–Crippen MR) is 120 cm³/mol. The molecule has 2 aromatic heterocycles. The van der Waals surface area contributed by atoms with E-state index in [9.17, 15) is 23.1 Å². The Bertz CT molecular complexity index is 1130. The number of ether oxygens (including phenoxy) is 1. The van der Waals surface area contributed by atoms with Crippen molar-refractivity contribution in [3.8, 4) is 17.4 Å². The van der Waals surface area contributed by atoms with Gasteiger partial charge in [0.1, 0.15) is 17.5 Å². The first-order chi connectivity index (χ1) is 16.2. The number of anilines is 1. The fraction of sp³-hybridized carbons (Fsp3) is 0.417. The number of para-hydroxylation sites is 1. The highest BCUT2D eigenvalue weighted by atomic mass is 19.4. The smallest absolute Gasteiger partial charge is 0.419 e. The Hall–Kier alpha value is -3.43. The molecule has 1 aliphatic carbocycles. The summed E-state index contributed by atoms with van der Waals surface area (Å²) in [6.45, 7) is 0. The van der Waals surface area contributed by atoms with Crippen LogP contribution in [0.1, 0.15) is 50.1 Å². The highest BCUT2D eigenvalue weighted by Gasteiger charge is 2.34. The summed E-state index contributed by atoms with van der Waals surface area (Å²) in [4.78, 5) is 13.2. The molecule has 1 aliphatic rings. The highest BCUT2D eigenvalue weighted by molar-refractivity contribution is 5.93. The topological polar surface area (TPSA) is 81.3 Å². The number of amides is 1. The summed E-state index contributed by atoms with van der Waals surface area (Å²) < 4.78 is 48.4. The lowest BCUT2D eigenvalue weighted by atomic mass is 9.84. The van der Waals surface area contributed by atoms with Gasteiger partial charge in [-0.25, -0.2) is 0 Å². The van der Waals surface area contributed by atoms with Crippen molar-refractivity contribution in [3.05, 3.63) is 54.4 Å². The van der Waals surface area contributed by atoms with Gasteiger partial charge in [-0.05, 0) is 24.5 Å². The number of rotatable bonds is 7. The molecule has 4 rings (SSSR count). The molecule has 0 aliphatic heterocycles. The number of hydrogen-bond acceptors (Lipinski definition) is 4. The maximum absolute atomic E-state index is 13.3. The molecule has 34 heavy (non-hydrogen) atoms. The number of carbonyl (C=O) groups is 1. The minimum absolute atomic E-state index is 0.00785. The van der Waals surface area contributed by atoms with E-state index in [-0.39, 0.29) is 23.3 Å². The van der Waals surface area contributed by atoms with Crippen molar-refractivity contribution in [1.82, 2.24) is 14.3 Å². The van der Waals surface area contributed by atoms with Crippen LogP contribution < -0.4 is 10.1 Å². The lowest BCUT2D eigenvalue weighted by Gasteiger charge is -2.27. The van der Waals surface area contributed by atoms with Gasteiger partial charge in [-0.1, -0.05) is 44.2 Å². The molecule has 0 saturated heterocycles. The number of aryl methyl sites for hydroxylation is 1. The summed E-state index contributed by atoms with van der Waals surface area (Å²) in [6.07, 6.45) is 4.25. The average molecular weight is 476 g/mol. The standard InChI is InChI=1S/C24H27F3N4O3/c1-30-12-11-21(29-30)28-23(33)19(13-16-7-3-2-4-8-16)31-15-17(14-22(31)32)34-20-10-6-5-9-18(20)24(25,26)27/h5-6,9-12,14-16,19,32H,2-4,7-8,13H2,1H3,(H,28,29,33)/t19-/m0/s1. The molecule has 3 aromatic rings. The Labute approximate surface area is 195 Å². The van der Waals surface area contributed by atoms with Gasteiger partial charge < -0.3 is 19.7 Å². The molecule has 0 unspecified atom stereocenters. The Morgan fingerprint density at radius 2 is 1.97 bits per heavy atom. The summed E-state index contributed by atoms with van der Waals surface area (Å²) >= 11 is 0. The third-order valence-corrected chi connectivity index (χ3v) is 6.11. The Morgan fingerprint density at radius 1 is 1.24 bits per heavy atom. The first-order valence-electron chi connectivity index (χ1n) is 11.3. The molecule has 0 spiro atoms. The molecule has 7 nitrogen and oxygen atoms in total. The second kappa shape index (κ2) is 9.82. The van der Waals surface area contributed by atoms with Crippen LogP contribution in [0.15, 0.2) is 48.8 Å². The molecule has 2 N–H and O–H groups in total. The van der Waals surface area contributed by atoms with E-state index in [1.165, 1.54) is 35.0 Å². The van der Waals surface area contributed by atoms with Crippen LogP contribution in [-0.4, -0.2) is 25.4 Å². The highest BCUT2D eigenvalue weighted by Crippen LogP contribution is 2.40. The second-order valence-corrected chi connectivity index (χ2v) is 8.66.